The monoisotopic (exact) mass is 292 g/mol. The van der Waals surface area contributed by atoms with Crippen LogP contribution in [0.5, 0.6) is 0 Å². The van der Waals surface area contributed by atoms with Crippen molar-refractivity contribution in [3.8, 4) is 10.8 Å². The van der Waals surface area contributed by atoms with Gasteiger partial charge in [-0.2, -0.15) is 0 Å². The Bertz CT molecular complexity index is 573. The van der Waals surface area contributed by atoms with Gasteiger partial charge in [0, 0.05) is 12.0 Å². The number of nitrogens with zero attached hydrogens (tertiary/aromatic N) is 1. The molecule has 0 saturated carbocycles. The van der Waals surface area contributed by atoms with E-state index in [0.29, 0.717) is 16.5 Å². The summed E-state index contributed by atoms with van der Waals surface area (Å²) in [5, 5.41) is 5.40. The van der Waals surface area contributed by atoms with E-state index in [4.69, 9.17) is 9.15 Å². The number of ether oxygens (including phenoxy) is 1. The summed E-state index contributed by atoms with van der Waals surface area (Å²) in [5.74, 6) is 0.517. The second-order valence-electron chi connectivity index (χ2n) is 4.83. The van der Waals surface area contributed by atoms with Gasteiger partial charge in [-0.3, -0.25) is 4.79 Å². The van der Waals surface area contributed by atoms with Gasteiger partial charge < -0.3 is 14.5 Å². The Labute approximate surface area is 121 Å². The van der Waals surface area contributed by atoms with Crippen molar-refractivity contribution in [3.63, 3.8) is 0 Å². The molecular weight excluding hydrogens is 276 g/mol. The van der Waals surface area contributed by atoms with Gasteiger partial charge in [0.1, 0.15) is 5.69 Å². The number of hydrogen-bond acceptors (Lipinski definition) is 5. The van der Waals surface area contributed by atoms with Gasteiger partial charge in [-0.15, -0.1) is 11.3 Å². The average molecular weight is 292 g/mol. The Balaban J connectivity index is 1.65. The smallest absolute Gasteiger partial charge is 0.271 e. The number of carbonyl (C=O) groups is 1. The normalized spacial score (nSPS) is 19.9. The molecule has 0 spiro atoms. The Morgan fingerprint density at radius 1 is 1.60 bits per heavy atom. The third-order valence-electron chi connectivity index (χ3n) is 3.35. The first-order valence-electron chi connectivity index (χ1n) is 6.66. The molecule has 106 valence electrons. The summed E-state index contributed by atoms with van der Waals surface area (Å²) in [6, 6.07) is 3.63. The van der Waals surface area contributed by atoms with Gasteiger partial charge in [0.2, 0.25) is 0 Å². The van der Waals surface area contributed by atoms with Crippen molar-refractivity contribution in [2.75, 3.05) is 6.61 Å². The van der Waals surface area contributed by atoms with Crippen LogP contribution in [0.1, 0.15) is 30.3 Å². The lowest BCUT2D eigenvalue weighted by molar-refractivity contribution is 0.0710. The lowest BCUT2D eigenvalue weighted by Gasteiger charge is -2.19. The van der Waals surface area contributed by atoms with Crippen LogP contribution < -0.4 is 5.32 Å². The first-order valence-corrected chi connectivity index (χ1v) is 7.54. The van der Waals surface area contributed by atoms with E-state index in [1.807, 2.05) is 13.0 Å². The number of thiazole rings is 1. The summed E-state index contributed by atoms with van der Waals surface area (Å²) in [5.41, 5.74) is 0.422. The van der Waals surface area contributed by atoms with Crippen molar-refractivity contribution in [1.82, 2.24) is 10.3 Å². The number of nitrogens with one attached hydrogen (secondary N) is 1. The molecule has 6 heteroatoms. The van der Waals surface area contributed by atoms with Gasteiger partial charge in [0.15, 0.2) is 10.8 Å². The molecule has 0 bridgehead atoms. The molecule has 0 unspecified atom stereocenters. The fraction of sp³-hybridized carbons (Fsp3) is 0.429. The second-order valence-corrected chi connectivity index (χ2v) is 5.69. The molecule has 20 heavy (non-hydrogen) atoms. The number of rotatable bonds is 4. The molecule has 0 aliphatic carbocycles. The molecule has 3 rings (SSSR count). The molecule has 2 aromatic heterocycles. The summed E-state index contributed by atoms with van der Waals surface area (Å²) in [4.78, 5) is 16.4. The molecule has 0 aromatic carbocycles. The van der Waals surface area contributed by atoms with E-state index in [-0.39, 0.29) is 18.1 Å². The van der Waals surface area contributed by atoms with E-state index in [1.165, 1.54) is 11.3 Å². The van der Waals surface area contributed by atoms with Crippen LogP contribution in [-0.2, 0) is 4.74 Å². The predicted octanol–water partition coefficient (Wildman–Crippen LogP) is 2.70. The van der Waals surface area contributed by atoms with E-state index in [2.05, 4.69) is 10.3 Å². The summed E-state index contributed by atoms with van der Waals surface area (Å²) >= 11 is 1.40. The Morgan fingerprint density at radius 3 is 3.20 bits per heavy atom. The first-order chi connectivity index (χ1) is 9.74. The molecule has 5 nitrogen and oxygen atoms in total. The first kappa shape index (κ1) is 13.3. The van der Waals surface area contributed by atoms with Gasteiger partial charge in [0.25, 0.3) is 5.91 Å². The molecule has 1 aliphatic rings. The van der Waals surface area contributed by atoms with Gasteiger partial charge in [-0.25, -0.2) is 4.98 Å². The maximum atomic E-state index is 12.1. The third kappa shape index (κ3) is 2.76. The minimum atomic E-state index is -0.165. The number of furan rings is 1. The highest BCUT2D eigenvalue weighted by atomic mass is 32.1. The minimum Gasteiger partial charge on any atom is -0.462 e. The van der Waals surface area contributed by atoms with Crippen LogP contribution in [0.25, 0.3) is 10.8 Å². The fourth-order valence-electron chi connectivity index (χ4n) is 2.26. The van der Waals surface area contributed by atoms with Crippen LogP contribution in [0.3, 0.4) is 0 Å². The molecule has 2 atom stereocenters. The predicted molar refractivity (Wildman–Crippen MR) is 75.7 cm³/mol. The second kappa shape index (κ2) is 5.76. The van der Waals surface area contributed by atoms with E-state index < -0.39 is 0 Å². The standard InChI is InChI=1S/C14H16N2O3S/c1-9(11-4-2-6-18-11)15-13(17)10-8-20-14(16-10)12-5-3-7-19-12/h3,5,7-9,11H,2,4,6H2,1H3,(H,15,17)/t9-,11+/m1/s1. The highest BCUT2D eigenvalue weighted by Crippen LogP contribution is 2.24. The molecule has 0 radical (unpaired) electrons. The van der Waals surface area contributed by atoms with Crippen molar-refractivity contribution >= 4 is 17.2 Å². The van der Waals surface area contributed by atoms with Crippen molar-refractivity contribution in [1.29, 1.82) is 0 Å². The molecule has 2 aromatic rings. The minimum absolute atomic E-state index is 0.00115. The zero-order chi connectivity index (χ0) is 13.9. The largest absolute Gasteiger partial charge is 0.462 e. The van der Waals surface area contributed by atoms with Crippen LogP contribution in [0.2, 0.25) is 0 Å². The highest BCUT2D eigenvalue weighted by Gasteiger charge is 2.24. The van der Waals surface area contributed by atoms with E-state index in [1.54, 1.807) is 17.7 Å². The summed E-state index contributed by atoms with van der Waals surface area (Å²) in [6.45, 7) is 2.75. The van der Waals surface area contributed by atoms with Gasteiger partial charge in [-0.1, -0.05) is 0 Å². The fourth-order valence-corrected chi connectivity index (χ4v) is 3.03. The van der Waals surface area contributed by atoms with Crippen LogP contribution in [0.4, 0.5) is 0 Å². The maximum Gasteiger partial charge on any atom is 0.271 e. The molecule has 1 amide bonds. The maximum absolute atomic E-state index is 12.1. The molecule has 1 fully saturated rings. The molecule has 3 heterocycles. The molecule has 1 N–H and O–H groups in total. The van der Waals surface area contributed by atoms with Crippen molar-refractivity contribution in [2.24, 2.45) is 0 Å². The number of aromatic nitrogens is 1. The van der Waals surface area contributed by atoms with Crippen LogP contribution in [0.15, 0.2) is 28.2 Å². The SMILES string of the molecule is C[C@@H](NC(=O)c1csc(-c2ccco2)n1)[C@@H]1CCCO1. The highest BCUT2D eigenvalue weighted by molar-refractivity contribution is 7.13. The van der Waals surface area contributed by atoms with Gasteiger partial charge in [-0.05, 0) is 31.9 Å². The van der Waals surface area contributed by atoms with Crippen molar-refractivity contribution < 1.29 is 13.9 Å². The van der Waals surface area contributed by atoms with E-state index in [0.717, 1.165) is 19.4 Å². The lowest BCUT2D eigenvalue weighted by atomic mass is 10.1. The number of carbonyl (C=O) groups excluding carboxylic acids is 1. The Kier molecular flexibility index (Phi) is 3.84. The van der Waals surface area contributed by atoms with Crippen molar-refractivity contribution in [3.05, 3.63) is 29.5 Å². The summed E-state index contributed by atoms with van der Waals surface area (Å²) in [7, 11) is 0. The third-order valence-corrected chi connectivity index (χ3v) is 4.21. The quantitative estimate of drug-likeness (QED) is 0.941. The molecular formula is C14H16N2O3S. The zero-order valence-corrected chi connectivity index (χ0v) is 12.0. The van der Waals surface area contributed by atoms with Crippen LogP contribution in [-0.4, -0.2) is 29.6 Å². The average Bonchev–Trinajstić information content (AvgIpc) is 3.19. The summed E-state index contributed by atoms with van der Waals surface area (Å²) < 4.78 is 10.8. The van der Waals surface area contributed by atoms with Gasteiger partial charge >= 0.3 is 0 Å². The van der Waals surface area contributed by atoms with Crippen molar-refractivity contribution in [2.45, 2.75) is 31.9 Å². The van der Waals surface area contributed by atoms with Gasteiger partial charge in [0.05, 0.1) is 18.4 Å². The molecule has 1 saturated heterocycles. The summed E-state index contributed by atoms with van der Waals surface area (Å²) in [6.07, 6.45) is 3.76. The lowest BCUT2D eigenvalue weighted by Crippen LogP contribution is -2.40. The van der Waals surface area contributed by atoms with E-state index >= 15 is 0 Å². The number of amides is 1. The zero-order valence-electron chi connectivity index (χ0n) is 11.2. The molecule has 1 aliphatic heterocycles. The number of hydrogen-bond donors (Lipinski definition) is 1. The topological polar surface area (TPSA) is 64.4 Å². The Hall–Kier alpha value is -1.66. The Morgan fingerprint density at radius 2 is 2.50 bits per heavy atom. The van der Waals surface area contributed by atoms with Crippen LogP contribution >= 0.6 is 11.3 Å². The van der Waals surface area contributed by atoms with E-state index in [9.17, 15) is 4.79 Å². The van der Waals surface area contributed by atoms with Crippen LogP contribution in [0, 0.1) is 0 Å².